The van der Waals surface area contributed by atoms with E-state index >= 15 is 0 Å². The molecule has 0 aromatic carbocycles. The van der Waals surface area contributed by atoms with Gasteiger partial charge in [-0.3, -0.25) is 4.68 Å². The van der Waals surface area contributed by atoms with E-state index in [1.54, 1.807) is 10.9 Å². The first kappa shape index (κ1) is 15.7. The second-order valence-electron chi connectivity index (χ2n) is 5.11. The van der Waals surface area contributed by atoms with E-state index in [4.69, 9.17) is 10.6 Å². The maximum Gasteiger partial charge on any atom is 0.163 e. The van der Waals surface area contributed by atoms with E-state index in [1.807, 2.05) is 7.05 Å². The molecule has 2 aromatic heterocycles. The number of rotatable bonds is 9. The van der Waals surface area contributed by atoms with Gasteiger partial charge in [-0.2, -0.15) is 5.10 Å². The molecular formula is C14H24N6O. The molecule has 0 saturated carbocycles. The fourth-order valence-corrected chi connectivity index (χ4v) is 2.21. The summed E-state index contributed by atoms with van der Waals surface area (Å²) in [6.07, 6.45) is 7.82. The van der Waals surface area contributed by atoms with Gasteiger partial charge in [0.15, 0.2) is 17.3 Å². The number of nitrogens with zero attached hydrogens (tertiary/aromatic N) is 4. The van der Waals surface area contributed by atoms with Gasteiger partial charge in [-0.25, -0.2) is 15.8 Å². The Morgan fingerprint density at radius 2 is 2.05 bits per heavy atom. The summed E-state index contributed by atoms with van der Waals surface area (Å²) in [5.74, 6) is 6.70. The Labute approximate surface area is 124 Å². The van der Waals surface area contributed by atoms with E-state index in [0.717, 1.165) is 24.1 Å². The summed E-state index contributed by atoms with van der Waals surface area (Å²) in [6, 6.07) is 0. The van der Waals surface area contributed by atoms with E-state index in [0.29, 0.717) is 18.2 Å². The van der Waals surface area contributed by atoms with Crippen LogP contribution in [-0.4, -0.2) is 26.4 Å². The van der Waals surface area contributed by atoms with Crippen molar-refractivity contribution in [1.82, 2.24) is 19.7 Å². The molecule has 2 heterocycles. The van der Waals surface area contributed by atoms with Crippen LogP contribution >= 0.6 is 0 Å². The number of fused-ring (bicyclic) bond motifs is 1. The van der Waals surface area contributed by atoms with Crippen LogP contribution < -0.4 is 11.3 Å². The van der Waals surface area contributed by atoms with Crippen molar-refractivity contribution in [1.29, 1.82) is 0 Å². The Morgan fingerprint density at radius 3 is 2.81 bits per heavy atom. The first-order valence-corrected chi connectivity index (χ1v) is 7.49. The quantitative estimate of drug-likeness (QED) is 0.418. The van der Waals surface area contributed by atoms with Crippen molar-refractivity contribution in [2.75, 3.05) is 12.0 Å². The minimum atomic E-state index is 0.392. The second-order valence-corrected chi connectivity index (χ2v) is 5.11. The van der Waals surface area contributed by atoms with E-state index in [9.17, 15) is 0 Å². The van der Waals surface area contributed by atoms with Crippen LogP contribution in [0.15, 0.2) is 6.20 Å². The van der Waals surface area contributed by atoms with Gasteiger partial charge in [0.2, 0.25) is 0 Å². The molecule has 21 heavy (non-hydrogen) atoms. The molecule has 0 aliphatic heterocycles. The van der Waals surface area contributed by atoms with Gasteiger partial charge >= 0.3 is 0 Å². The summed E-state index contributed by atoms with van der Waals surface area (Å²) in [4.78, 5) is 8.81. The van der Waals surface area contributed by atoms with Crippen molar-refractivity contribution in [2.24, 2.45) is 12.9 Å². The summed E-state index contributed by atoms with van der Waals surface area (Å²) in [5, 5.41) is 4.97. The number of ether oxygens (including phenoxy) is 1. The molecule has 0 fully saturated rings. The fourth-order valence-electron chi connectivity index (χ4n) is 2.21. The zero-order chi connectivity index (χ0) is 15.1. The highest BCUT2D eigenvalue weighted by atomic mass is 16.5. The number of unbranched alkanes of at least 4 members (excludes halogenated alkanes) is 4. The van der Waals surface area contributed by atoms with E-state index in [1.165, 1.54) is 25.7 Å². The zero-order valence-electron chi connectivity index (χ0n) is 12.8. The Hall–Kier alpha value is -1.73. The molecule has 2 aromatic rings. The van der Waals surface area contributed by atoms with Gasteiger partial charge in [-0.1, -0.05) is 32.6 Å². The summed E-state index contributed by atoms with van der Waals surface area (Å²) >= 11 is 0. The van der Waals surface area contributed by atoms with E-state index in [2.05, 4.69) is 27.4 Å². The van der Waals surface area contributed by atoms with Crippen molar-refractivity contribution in [3.05, 3.63) is 12.0 Å². The van der Waals surface area contributed by atoms with E-state index in [-0.39, 0.29) is 0 Å². The number of nitrogen functional groups attached to an aromatic ring is 1. The number of hydrazine groups is 1. The number of aromatic nitrogens is 4. The van der Waals surface area contributed by atoms with Gasteiger partial charge in [0.25, 0.3) is 0 Å². The fraction of sp³-hybridized carbons (Fsp3) is 0.643. The predicted octanol–water partition coefficient (Wildman–Crippen LogP) is 2.14. The molecule has 0 amide bonds. The Balaban J connectivity index is 1.88. The molecule has 0 bridgehead atoms. The molecule has 0 atom stereocenters. The van der Waals surface area contributed by atoms with Crippen LogP contribution in [0, 0.1) is 0 Å². The number of aryl methyl sites for hydroxylation is 1. The standard InChI is InChI=1S/C14H24N6O/c1-3-4-5-6-7-8-21-10-12-17-13(19-15)11-9-16-20(2)14(11)18-12/h9H,3-8,10,15H2,1-2H3,(H,17,18,19). The third-order valence-corrected chi connectivity index (χ3v) is 3.40. The highest BCUT2D eigenvalue weighted by molar-refractivity contribution is 5.86. The molecule has 7 nitrogen and oxygen atoms in total. The summed E-state index contributed by atoms with van der Waals surface area (Å²) in [5.41, 5.74) is 3.34. The van der Waals surface area contributed by atoms with Gasteiger partial charge in [-0.05, 0) is 6.42 Å². The SMILES string of the molecule is CCCCCCCOCc1nc(NN)c2cnn(C)c2n1. The lowest BCUT2D eigenvalue weighted by Gasteiger charge is -2.07. The number of nitrogens with one attached hydrogen (secondary N) is 1. The molecule has 0 radical (unpaired) electrons. The lowest BCUT2D eigenvalue weighted by molar-refractivity contribution is 0.111. The first-order chi connectivity index (χ1) is 10.3. The number of hydrogen-bond acceptors (Lipinski definition) is 6. The topological polar surface area (TPSA) is 90.9 Å². The molecule has 0 spiro atoms. The molecule has 0 aliphatic rings. The molecule has 7 heteroatoms. The smallest absolute Gasteiger partial charge is 0.163 e. The molecule has 0 saturated heterocycles. The van der Waals surface area contributed by atoms with Gasteiger partial charge in [0, 0.05) is 13.7 Å². The van der Waals surface area contributed by atoms with Crippen LogP contribution in [0.3, 0.4) is 0 Å². The zero-order valence-corrected chi connectivity index (χ0v) is 12.8. The van der Waals surface area contributed by atoms with Gasteiger partial charge in [0.05, 0.1) is 11.6 Å². The molecule has 0 unspecified atom stereocenters. The molecule has 3 N–H and O–H groups in total. The normalized spacial score (nSPS) is 11.2. The van der Waals surface area contributed by atoms with Crippen molar-refractivity contribution in [2.45, 2.75) is 45.6 Å². The largest absolute Gasteiger partial charge is 0.373 e. The Kier molecular flexibility index (Phi) is 5.89. The van der Waals surface area contributed by atoms with Gasteiger partial charge < -0.3 is 10.2 Å². The van der Waals surface area contributed by atoms with E-state index < -0.39 is 0 Å². The van der Waals surface area contributed by atoms with Crippen LogP contribution in [0.5, 0.6) is 0 Å². The van der Waals surface area contributed by atoms with Crippen molar-refractivity contribution in [3.63, 3.8) is 0 Å². The molecule has 116 valence electrons. The summed E-state index contributed by atoms with van der Waals surface area (Å²) in [6.45, 7) is 3.34. The Morgan fingerprint density at radius 1 is 1.24 bits per heavy atom. The highest BCUT2D eigenvalue weighted by Crippen LogP contribution is 2.18. The van der Waals surface area contributed by atoms with Crippen LogP contribution in [-0.2, 0) is 18.4 Å². The average Bonchev–Trinajstić information content (AvgIpc) is 2.87. The lowest BCUT2D eigenvalue weighted by atomic mass is 10.2. The lowest BCUT2D eigenvalue weighted by Crippen LogP contribution is -2.12. The number of nitrogens with two attached hydrogens (primary N) is 1. The maximum atomic E-state index is 5.64. The number of hydrogen-bond donors (Lipinski definition) is 2. The van der Waals surface area contributed by atoms with Crippen LogP contribution in [0.1, 0.15) is 44.9 Å². The van der Waals surface area contributed by atoms with Crippen LogP contribution in [0.2, 0.25) is 0 Å². The first-order valence-electron chi connectivity index (χ1n) is 7.49. The third-order valence-electron chi connectivity index (χ3n) is 3.40. The minimum Gasteiger partial charge on any atom is -0.373 e. The van der Waals surface area contributed by atoms with Crippen LogP contribution in [0.25, 0.3) is 11.0 Å². The minimum absolute atomic E-state index is 0.392. The van der Waals surface area contributed by atoms with Crippen LogP contribution in [0.4, 0.5) is 5.82 Å². The Bertz CT molecular complexity index is 568. The second kappa shape index (κ2) is 7.90. The molecule has 0 aliphatic carbocycles. The summed E-state index contributed by atoms with van der Waals surface area (Å²) in [7, 11) is 1.84. The van der Waals surface area contributed by atoms with Crippen molar-refractivity contribution in [3.8, 4) is 0 Å². The van der Waals surface area contributed by atoms with Crippen molar-refractivity contribution >= 4 is 16.9 Å². The molecular weight excluding hydrogens is 268 g/mol. The van der Waals surface area contributed by atoms with Gasteiger partial charge in [0.1, 0.15) is 6.61 Å². The number of anilines is 1. The average molecular weight is 292 g/mol. The molecule has 2 rings (SSSR count). The maximum absolute atomic E-state index is 5.64. The monoisotopic (exact) mass is 292 g/mol. The predicted molar refractivity (Wildman–Crippen MR) is 82.5 cm³/mol. The van der Waals surface area contributed by atoms with Gasteiger partial charge in [-0.15, -0.1) is 0 Å². The third kappa shape index (κ3) is 4.12. The summed E-state index contributed by atoms with van der Waals surface area (Å²) < 4.78 is 7.34. The van der Waals surface area contributed by atoms with Crippen molar-refractivity contribution < 1.29 is 4.74 Å². The highest BCUT2D eigenvalue weighted by Gasteiger charge is 2.10.